The van der Waals surface area contributed by atoms with Crippen molar-refractivity contribution in [2.75, 3.05) is 12.3 Å². The molecule has 0 aliphatic carbocycles. The van der Waals surface area contributed by atoms with Crippen LogP contribution in [-0.4, -0.2) is 37.8 Å². The van der Waals surface area contributed by atoms with Crippen LogP contribution >= 0.6 is 15.6 Å². The van der Waals surface area contributed by atoms with Gasteiger partial charge in [-0.3, -0.25) is 0 Å². The Morgan fingerprint density at radius 1 is 0.714 bits per heavy atom. The molecule has 0 bridgehead atoms. The van der Waals surface area contributed by atoms with Crippen LogP contribution in [0.1, 0.15) is 41.5 Å². The summed E-state index contributed by atoms with van der Waals surface area (Å²) in [5.41, 5.74) is 0. The van der Waals surface area contributed by atoms with E-state index in [1.165, 1.54) is 12.3 Å². The van der Waals surface area contributed by atoms with E-state index in [0.717, 1.165) is 0 Å². The van der Waals surface area contributed by atoms with Gasteiger partial charge in [-0.1, -0.05) is 0 Å². The largest absolute Gasteiger partial charge is 0.305 e. The molecule has 2 atom stereocenters. The molecule has 0 saturated heterocycles. The normalized spacial score (nSPS) is 17.9. The molecule has 0 fully saturated rings. The highest BCUT2D eigenvalue weighted by atomic mass is 31.1. The van der Waals surface area contributed by atoms with E-state index in [0.29, 0.717) is 10.3 Å². The smallest absolute Gasteiger partial charge is 0.0442 e. The van der Waals surface area contributed by atoms with Crippen LogP contribution in [0.5, 0.6) is 0 Å². The van der Waals surface area contributed by atoms with Crippen molar-refractivity contribution in [3.63, 3.8) is 0 Å². The molecule has 0 aromatic carbocycles. The van der Waals surface area contributed by atoms with Gasteiger partial charge in [-0.05, 0) is 57.1 Å². The van der Waals surface area contributed by atoms with Gasteiger partial charge in [0.05, 0.1) is 22.6 Å². The molecule has 0 aromatic rings. The molecule has 82 valence electrons. The summed E-state index contributed by atoms with van der Waals surface area (Å²) in [6.45, 7) is 14.4. The van der Waals surface area contributed by atoms with Crippen molar-refractivity contribution >= 4 is 30.7 Å². The quantitative estimate of drug-likeness (QED) is 0.516. The van der Waals surface area contributed by atoms with Crippen molar-refractivity contribution in [2.45, 2.75) is 51.9 Å². The van der Waals surface area contributed by atoms with E-state index in [9.17, 15) is 0 Å². The fourth-order valence-corrected chi connectivity index (χ4v) is 5.62. The van der Waals surface area contributed by atoms with Gasteiger partial charge < -0.3 is 0 Å². The Labute approximate surface area is 95.2 Å². The molecule has 0 nitrogen and oxygen atoms in total. The first-order valence-electron chi connectivity index (χ1n) is 5.71. The molecular formula is C10H28B2P2+2. The summed E-state index contributed by atoms with van der Waals surface area (Å²) < 4.78 is 0. The third kappa shape index (κ3) is 5.77. The van der Waals surface area contributed by atoms with E-state index in [2.05, 4.69) is 56.7 Å². The zero-order valence-electron chi connectivity index (χ0n) is 11.4. The van der Waals surface area contributed by atoms with E-state index in [1.807, 2.05) is 0 Å². The van der Waals surface area contributed by atoms with Gasteiger partial charge in [0.25, 0.3) is 0 Å². The van der Waals surface area contributed by atoms with Gasteiger partial charge in [0.1, 0.15) is 0 Å². The van der Waals surface area contributed by atoms with Gasteiger partial charge in [0.2, 0.25) is 0 Å². The van der Waals surface area contributed by atoms with Crippen molar-refractivity contribution in [1.29, 1.82) is 0 Å². The molecule has 4 heteroatoms. The van der Waals surface area contributed by atoms with Crippen LogP contribution < -0.4 is 0 Å². The summed E-state index contributed by atoms with van der Waals surface area (Å²) in [6.07, 6.45) is 3.02. The molecular weight excluding hydrogens is 204 g/mol. The third-order valence-corrected chi connectivity index (χ3v) is 11.1. The summed E-state index contributed by atoms with van der Waals surface area (Å²) in [7, 11) is 4.74. The van der Waals surface area contributed by atoms with Crippen LogP contribution in [0.25, 0.3) is 0 Å². The van der Waals surface area contributed by atoms with Crippen molar-refractivity contribution < 1.29 is 0 Å². The van der Waals surface area contributed by atoms with Crippen LogP contribution in [0.4, 0.5) is 0 Å². The van der Waals surface area contributed by atoms with E-state index < -0.39 is 0 Å². The molecule has 0 radical (unpaired) electrons. The minimum Gasteiger partial charge on any atom is -0.0442 e. The van der Waals surface area contributed by atoms with E-state index >= 15 is 0 Å². The summed E-state index contributed by atoms with van der Waals surface area (Å²) in [5, 5.41) is 1.18. The second kappa shape index (κ2) is 5.36. The highest BCUT2D eigenvalue weighted by Gasteiger charge is 2.31. The monoisotopic (exact) mass is 232 g/mol. The van der Waals surface area contributed by atoms with Crippen molar-refractivity contribution in [3.8, 4) is 0 Å². The van der Waals surface area contributed by atoms with Gasteiger partial charge in [0.15, 0.2) is 0 Å². The second-order valence-corrected chi connectivity index (χ2v) is 13.7. The van der Waals surface area contributed by atoms with E-state index in [1.54, 1.807) is 0 Å². The molecule has 2 unspecified atom stereocenters. The number of hydrogen-bond donors (Lipinski definition) is 0. The fourth-order valence-electron chi connectivity index (χ4n) is 1.12. The molecule has 0 heterocycles. The number of hydrogen-bond acceptors (Lipinski definition) is 0. The molecule has 0 rings (SSSR count). The molecule has 14 heavy (non-hydrogen) atoms. The topological polar surface area (TPSA) is 0 Å². The van der Waals surface area contributed by atoms with Crippen molar-refractivity contribution in [3.05, 3.63) is 0 Å². The minimum absolute atomic E-state index is 0.134. The molecule has 0 aliphatic heterocycles. The average molecular weight is 232 g/mol. The summed E-state index contributed by atoms with van der Waals surface area (Å²) >= 11 is 0. The Balaban J connectivity index is 3.96. The minimum atomic E-state index is -0.134. The lowest BCUT2D eigenvalue weighted by Gasteiger charge is -2.25. The first-order valence-corrected chi connectivity index (χ1v) is 10.1. The lowest BCUT2D eigenvalue weighted by atomic mass is 10.3. The van der Waals surface area contributed by atoms with E-state index in [4.69, 9.17) is 0 Å². The van der Waals surface area contributed by atoms with Gasteiger partial charge in [-0.25, -0.2) is 0 Å². The van der Waals surface area contributed by atoms with Crippen LogP contribution in [0, 0.1) is 0 Å². The molecule has 0 N–H and O–H groups in total. The first-order chi connectivity index (χ1) is 6.05. The number of rotatable bonds is 3. The van der Waals surface area contributed by atoms with Crippen molar-refractivity contribution in [2.24, 2.45) is 0 Å². The fraction of sp³-hybridized carbons (Fsp3) is 1.00. The van der Waals surface area contributed by atoms with Gasteiger partial charge in [-0.2, -0.15) is 0 Å². The zero-order chi connectivity index (χ0) is 11.6. The zero-order valence-corrected chi connectivity index (χ0v) is 13.4. The van der Waals surface area contributed by atoms with E-state index in [-0.39, 0.29) is 15.6 Å². The van der Waals surface area contributed by atoms with Crippen molar-refractivity contribution in [1.82, 2.24) is 0 Å². The Bertz CT molecular complexity index is 150. The first kappa shape index (κ1) is 15.0. The molecule has 0 amide bonds. The maximum atomic E-state index is 2.50. The summed E-state index contributed by atoms with van der Waals surface area (Å²) in [6, 6.07) is 0. The Kier molecular flexibility index (Phi) is 5.74. The lowest BCUT2D eigenvalue weighted by molar-refractivity contribution is 0.784. The molecule has 0 aliphatic rings. The van der Waals surface area contributed by atoms with Crippen LogP contribution in [0.15, 0.2) is 0 Å². The molecule has 0 spiro atoms. The highest BCUT2D eigenvalue weighted by molar-refractivity contribution is 7.86. The predicted octanol–water partition coefficient (Wildman–Crippen LogP) is 2.11. The predicted molar refractivity (Wildman–Crippen MR) is 83.0 cm³/mol. The Morgan fingerprint density at radius 3 is 1.07 bits per heavy atom. The summed E-state index contributed by atoms with van der Waals surface area (Å²) in [5.74, 6) is 0. The Hall–Kier alpha value is 0.990. The molecule has 0 aromatic heterocycles. The summed E-state index contributed by atoms with van der Waals surface area (Å²) in [4.78, 5) is 0. The standard InChI is InChI=1S/C10H26B2P2/c1-9(2,3)13(11)7-8-14(12)10(4,5)6/h7-8,11-12H2,1-6H3/p+2. The van der Waals surface area contributed by atoms with Gasteiger partial charge >= 0.3 is 15.1 Å². The van der Waals surface area contributed by atoms with Gasteiger partial charge in [-0.15, -0.1) is 0 Å². The highest BCUT2D eigenvalue weighted by Crippen LogP contribution is 2.51. The average Bonchev–Trinajstić information content (AvgIpc) is 1.95. The van der Waals surface area contributed by atoms with Crippen LogP contribution in [0.3, 0.4) is 0 Å². The maximum absolute atomic E-state index is 2.50. The second-order valence-electron chi connectivity index (χ2n) is 6.56. The van der Waals surface area contributed by atoms with Gasteiger partial charge in [0, 0.05) is 0 Å². The lowest BCUT2D eigenvalue weighted by Crippen LogP contribution is -2.18. The SMILES string of the molecule is B[PH+](CC[PH+](B)C(C)(C)C)C(C)(C)C. The van der Waals surface area contributed by atoms with Crippen LogP contribution in [-0.2, 0) is 0 Å². The third-order valence-electron chi connectivity index (χ3n) is 3.44. The Morgan fingerprint density at radius 2 is 0.929 bits per heavy atom. The molecule has 0 saturated carbocycles. The van der Waals surface area contributed by atoms with Crippen LogP contribution in [0.2, 0.25) is 0 Å². The maximum Gasteiger partial charge on any atom is 0.305 e.